The number of aliphatic hydroxyl groups excluding tert-OH is 1. The molecule has 0 fully saturated rings. The van der Waals surface area contributed by atoms with Crippen molar-refractivity contribution >= 4 is 29.2 Å². The van der Waals surface area contributed by atoms with E-state index in [1.54, 1.807) is 37.1 Å². The van der Waals surface area contributed by atoms with Gasteiger partial charge in [-0.25, -0.2) is 4.79 Å². The second kappa shape index (κ2) is 13.5. The molecule has 8 heteroatoms. The fraction of sp³-hybridized carbons (Fsp3) is 0.448. The van der Waals surface area contributed by atoms with Gasteiger partial charge >= 0.3 is 5.97 Å². The van der Waals surface area contributed by atoms with E-state index in [-0.39, 0.29) is 11.8 Å². The van der Waals surface area contributed by atoms with E-state index in [2.05, 4.69) is 24.0 Å². The lowest BCUT2D eigenvalue weighted by Gasteiger charge is -2.28. The summed E-state index contributed by atoms with van der Waals surface area (Å²) in [6.07, 6.45) is 6.11. The molecule has 0 bridgehead atoms. The molecule has 37 heavy (non-hydrogen) atoms. The molecular weight excluding hydrogens is 492 g/mol. The van der Waals surface area contributed by atoms with Gasteiger partial charge in [-0.1, -0.05) is 49.2 Å². The zero-order valence-electron chi connectivity index (χ0n) is 21.8. The third kappa shape index (κ3) is 7.73. The van der Waals surface area contributed by atoms with Gasteiger partial charge in [0.25, 0.3) is 0 Å². The number of carboxylic acid groups (broad SMARTS) is 1. The zero-order chi connectivity index (χ0) is 26.9. The molecule has 0 aliphatic carbocycles. The number of unbranched alkanes of at least 4 members (excludes halogenated alkanes) is 1. The van der Waals surface area contributed by atoms with Crippen molar-refractivity contribution in [3.05, 3.63) is 70.3 Å². The van der Waals surface area contributed by atoms with Crippen LogP contribution in [0.2, 0.25) is 5.02 Å². The van der Waals surface area contributed by atoms with Crippen LogP contribution in [0.3, 0.4) is 0 Å². The van der Waals surface area contributed by atoms with E-state index in [4.69, 9.17) is 16.3 Å². The molecule has 1 heterocycles. The van der Waals surface area contributed by atoms with Gasteiger partial charge in [-0.15, -0.1) is 0 Å². The average molecular weight is 529 g/mol. The first-order valence-corrected chi connectivity index (χ1v) is 13.2. The maximum Gasteiger partial charge on any atom is 0.337 e. The van der Waals surface area contributed by atoms with Gasteiger partial charge in [0.15, 0.2) is 6.10 Å². The van der Waals surface area contributed by atoms with E-state index >= 15 is 0 Å². The molecule has 1 aliphatic rings. The highest BCUT2D eigenvalue weighted by atomic mass is 35.5. The molecule has 1 amide bonds. The van der Waals surface area contributed by atoms with Crippen molar-refractivity contribution in [1.82, 2.24) is 4.90 Å². The summed E-state index contributed by atoms with van der Waals surface area (Å²) in [6, 6.07) is 11.1. The largest absolute Gasteiger partial charge is 0.491 e. The number of carbonyl (C=O) groups is 2. The molecule has 0 radical (unpaired) electrons. The highest BCUT2D eigenvalue weighted by molar-refractivity contribution is 6.30. The Hall–Kier alpha value is -3.03. The van der Waals surface area contributed by atoms with Gasteiger partial charge in [0, 0.05) is 44.5 Å². The fourth-order valence-electron chi connectivity index (χ4n) is 4.56. The van der Waals surface area contributed by atoms with Crippen LogP contribution in [0, 0.1) is 0 Å². The summed E-state index contributed by atoms with van der Waals surface area (Å²) in [7, 11) is 1.77. The van der Waals surface area contributed by atoms with Gasteiger partial charge in [0.05, 0.1) is 12.3 Å². The summed E-state index contributed by atoms with van der Waals surface area (Å²) in [6.45, 7) is 6.17. The highest BCUT2D eigenvalue weighted by Crippen LogP contribution is 2.38. The number of aryl methyl sites for hydroxylation is 1. The lowest BCUT2D eigenvalue weighted by atomic mass is 9.92. The molecule has 2 N–H and O–H groups in total. The Bertz CT molecular complexity index is 1120. The first-order chi connectivity index (χ1) is 17.7. The Balaban J connectivity index is 1.84. The number of halogens is 1. The minimum absolute atomic E-state index is 0.0286. The number of rotatable bonds is 11. The lowest BCUT2D eigenvalue weighted by Crippen LogP contribution is -2.30. The van der Waals surface area contributed by atoms with Crippen molar-refractivity contribution in [2.75, 3.05) is 38.2 Å². The standard InChI is InChI=1S/C29H37ClN2O5/c1-4-9-21-16-24(30)11-12-25(21)23-18-32(15-8-6-5-7-14-31(3)20(2)33)26-17-22(28(34)29(35)36)10-13-27(26)37-19-23/h5,7,10-13,16-17,23,28,34H,4,6,8-9,14-15,18-19H2,1-3H3,(H,35,36)/b7-5+/t23-,28?/m0/s1. The lowest BCUT2D eigenvalue weighted by molar-refractivity contribution is -0.147. The summed E-state index contributed by atoms with van der Waals surface area (Å²) in [5.41, 5.74) is 3.53. The van der Waals surface area contributed by atoms with Crippen LogP contribution >= 0.6 is 11.6 Å². The monoisotopic (exact) mass is 528 g/mol. The zero-order valence-corrected chi connectivity index (χ0v) is 22.6. The number of anilines is 1. The van der Waals surface area contributed by atoms with Crippen LogP contribution in [0.4, 0.5) is 5.69 Å². The number of fused-ring (bicyclic) bond motifs is 1. The second-order valence-corrected chi connectivity index (χ2v) is 9.96. The van der Waals surface area contributed by atoms with Crippen LogP contribution in [-0.4, -0.2) is 60.3 Å². The molecule has 2 aromatic rings. The Kier molecular flexibility index (Phi) is 10.4. The Morgan fingerprint density at radius 2 is 2.03 bits per heavy atom. The van der Waals surface area contributed by atoms with Crippen molar-refractivity contribution in [1.29, 1.82) is 0 Å². The number of nitrogens with zero attached hydrogens (tertiary/aromatic N) is 2. The van der Waals surface area contributed by atoms with Crippen molar-refractivity contribution in [2.45, 2.75) is 51.6 Å². The number of ether oxygens (including phenoxy) is 1. The summed E-state index contributed by atoms with van der Waals surface area (Å²) < 4.78 is 6.24. The Morgan fingerprint density at radius 1 is 1.24 bits per heavy atom. The van der Waals surface area contributed by atoms with Gasteiger partial charge in [-0.3, -0.25) is 4.79 Å². The predicted molar refractivity (Wildman–Crippen MR) is 147 cm³/mol. The van der Waals surface area contributed by atoms with E-state index in [1.807, 2.05) is 18.2 Å². The van der Waals surface area contributed by atoms with E-state index in [0.29, 0.717) is 31.0 Å². The third-order valence-corrected chi connectivity index (χ3v) is 6.94. The predicted octanol–water partition coefficient (Wildman–Crippen LogP) is 5.21. The SMILES string of the molecule is CCCc1cc(Cl)ccc1[C@@H]1COc2ccc(C(O)C(=O)O)cc2N(CCC/C=C/CN(C)C(C)=O)C1. The van der Waals surface area contributed by atoms with Gasteiger partial charge in [0.1, 0.15) is 5.75 Å². The Morgan fingerprint density at radius 3 is 2.73 bits per heavy atom. The van der Waals surface area contributed by atoms with Crippen molar-refractivity contribution in [3.8, 4) is 5.75 Å². The van der Waals surface area contributed by atoms with E-state index < -0.39 is 12.1 Å². The first-order valence-electron chi connectivity index (χ1n) is 12.8. The molecule has 0 aromatic heterocycles. The van der Waals surface area contributed by atoms with Gasteiger partial charge in [0.2, 0.25) is 5.91 Å². The topological polar surface area (TPSA) is 90.3 Å². The maximum absolute atomic E-state index is 11.4. The smallest absolute Gasteiger partial charge is 0.337 e. The minimum atomic E-state index is -1.60. The number of hydrogen-bond donors (Lipinski definition) is 2. The first kappa shape index (κ1) is 28.5. The minimum Gasteiger partial charge on any atom is -0.491 e. The molecule has 2 atom stereocenters. The molecule has 7 nitrogen and oxygen atoms in total. The van der Waals surface area contributed by atoms with Crippen LogP contribution in [0.1, 0.15) is 61.8 Å². The molecule has 1 unspecified atom stereocenters. The van der Waals surface area contributed by atoms with Crippen molar-refractivity contribution in [3.63, 3.8) is 0 Å². The fourth-order valence-corrected chi connectivity index (χ4v) is 4.76. The van der Waals surface area contributed by atoms with E-state index in [1.165, 1.54) is 11.1 Å². The third-order valence-electron chi connectivity index (χ3n) is 6.70. The van der Waals surface area contributed by atoms with Gasteiger partial charge in [-0.2, -0.15) is 0 Å². The molecule has 0 saturated heterocycles. The summed E-state index contributed by atoms with van der Waals surface area (Å²) >= 11 is 6.30. The molecule has 2 aromatic carbocycles. The van der Waals surface area contributed by atoms with Crippen LogP contribution in [0.5, 0.6) is 5.75 Å². The number of amides is 1. The number of carbonyl (C=O) groups excluding carboxylic acids is 1. The van der Waals surface area contributed by atoms with Crippen LogP contribution in [0.25, 0.3) is 0 Å². The van der Waals surface area contributed by atoms with E-state index in [9.17, 15) is 19.8 Å². The average Bonchev–Trinajstić information content (AvgIpc) is 3.04. The summed E-state index contributed by atoms with van der Waals surface area (Å²) in [5, 5.41) is 20.2. The van der Waals surface area contributed by atoms with Gasteiger partial charge in [-0.05, 0) is 60.2 Å². The molecule has 1 aliphatic heterocycles. The van der Waals surface area contributed by atoms with Crippen LogP contribution in [-0.2, 0) is 16.0 Å². The molecular formula is C29H37ClN2O5. The van der Waals surface area contributed by atoms with Crippen molar-refractivity contribution < 1.29 is 24.5 Å². The van der Waals surface area contributed by atoms with Gasteiger partial charge < -0.3 is 24.7 Å². The number of aliphatic carboxylic acids is 1. The number of allylic oxidation sites excluding steroid dienone is 1. The quantitative estimate of drug-likeness (QED) is 0.307. The summed E-state index contributed by atoms with van der Waals surface area (Å²) in [5.74, 6) is -0.488. The van der Waals surface area contributed by atoms with E-state index in [0.717, 1.165) is 42.9 Å². The van der Waals surface area contributed by atoms with Crippen LogP contribution in [0.15, 0.2) is 48.6 Å². The number of aliphatic hydroxyl groups is 1. The summed E-state index contributed by atoms with van der Waals surface area (Å²) in [4.78, 5) is 26.7. The number of benzene rings is 2. The second-order valence-electron chi connectivity index (χ2n) is 9.53. The van der Waals surface area contributed by atoms with Crippen LogP contribution < -0.4 is 9.64 Å². The Labute approximate surface area is 224 Å². The maximum atomic E-state index is 11.4. The molecule has 0 saturated carbocycles. The molecule has 0 spiro atoms. The van der Waals surface area contributed by atoms with Crippen molar-refractivity contribution in [2.24, 2.45) is 0 Å². The number of hydrogen-bond acceptors (Lipinski definition) is 5. The molecule has 200 valence electrons. The normalized spacial score (nSPS) is 16.1. The number of carboxylic acids is 1. The number of likely N-dealkylation sites (N-methyl/N-ethyl adjacent to an activating group) is 1. The molecule has 3 rings (SSSR count). The highest BCUT2D eigenvalue weighted by Gasteiger charge is 2.27.